The number of rotatable bonds is 8. The first-order chi connectivity index (χ1) is 11.1. The van der Waals surface area contributed by atoms with Crippen LogP contribution in [-0.2, 0) is 21.1 Å². The Bertz CT molecular complexity index is 720. The van der Waals surface area contributed by atoms with Gasteiger partial charge in [-0.05, 0) is 37.0 Å². The van der Waals surface area contributed by atoms with Crippen LogP contribution in [0.2, 0.25) is 0 Å². The summed E-state index contributed by atoms with van der Waals surface area (Å²) in [5.74, 6) is -1.45. The van der Waals surface area contributed by atoms with Gasteiger partial charge >= 0.3 is 5.97 Å². The van der Waals surface area contributed by atoms with Crippen molar-refractivity contribution in [2.75, 3.05) is 6.26 Å². The molecule has 0 aliphatic rings. The number of sulfone groups is 1. The summed E-state index contributed by atoms with van der Waals surface area (Å²) in [5.41, 5.74) is 0.0125. The minimum absolute atomic E-state index is 0.134. The van der Waals surface area contributed by atoms with Gasteiger partial charge in [-0.2, -0.15) is 0 Å². The number of aryl methyl sites for hydroxylation is 1. The molecule has 24 heavy (non-hydrogen) atoms. The molecular formula is C17H25NO5S. The molecule has 1 aromatic carbocycles. The monoisotopic (exact) mass is 355 g/mol. The Morgan fingerprint density at radius 1 is 1.17 bits per heavy atom. The minimum atomic E-state index is -3.45. The van der Waals surface area contributed by atoms with Gasteiger partial charge in [-0.15, -0.1) is 0 Å². The van der Waals surface area contributed by atoms with E-state index in [2.05, 4.69) is 5.32 Å². The third kappa shape index (κ3) is 4.80. The van der Waals surface area contributed by atoms with Crippen molar-refractivity contribution in [3.8, 4) is 0 Å². The summed E-state index contributed by atoms with van der Waals surface area (Å²) in [7, 11) is -3.45. The maximum atomic E-state index is 12.5. The minimum Gasteiger partial charge on any atom is -0.481 e. The highest BCUT2D eigenvalue weighted by molar-refractivity contribution is 7.90. The van der Waals surface area contributed by atoms with Gasteiger partial charge in [0.15, 0.2) is 9.84 Å². The van der Waals surface area contributed by atoms with Crippen molar-refractivity contribution in [3.05, 3.63) is 29.3 Å². The lowest BCUT2D eigenvalue weighted by atomic mass is 9.88. The number of carboxylic acid groups (broad SMARTS) is 1. The zero-order chi connectivity index (χ0) is 18.5. The molecule has 1 rings (SSSR count). The SMILES string of the molecule is CCc1ccc(C(=O)NC(CC)(CC)CC(=O)O)cc1S(C)(=O)=O. The van der Waals surface area contributed by atoms with Gasteiger partial charge in [0.05, 0.1) is 16.9 Å². The van der Waals surface area contributed by atoms with E-state index in [4.69, 9.17) is 5.11 Å². The summed E-state index contributed by atoms with van der Waals surface area (Å²) < 4.78 is 23.8. The number of carboxylic acids is 1. The van der Waals surface area contributed by atoms with Crippen molar-refractivity contribution in [1.29, 1.82) is 0 Å². The number of carbonyl (C=O) groups excluding carboxylic acids is 1. The average Bonchev–Trinajstić information content (AvgIpc) is 2.52. The Kier molecular flexibility index (Phi) is 6.54. The summed E-state index contributed by atoms with van der Waals surface area (Å²) in [6, 6.07) is 4.56. The number of benzene rings is 1. The van der Waals surface area contributed by atoms with Crippen molar-refractivity contribution in [3.63, 3.8) is 0 Å². The zero-order valence-corrected chi connectivity index (χ0v) is 15.4. The van der Waals surface area contributed by atoms with Gasteiger partial charge in [0, 0.05) is 11.8 Å². The quantitative estimate of drug-likeness (QED) is 0.746. The maximum absolute atomic E-state index is 12.5. The van der Waals surface area contributed by atoms with Gasteiger partial charge in [-0.1, -0.05) is 26.8 Å². The van der Waals surface area contributed by atoms with E-state index in [0.717, 1.165) is 6.26 Å². The van der Waals surface area contributed by atoms with E-state index >= 15 is 0 Å². The fourth-order valence-electron chi connectivity index (χ4n) is 2.66. The molecular weight excluding hydrogens is 330 g/mol. The van der Waals surface area contributed by atoms with Gasteiger partial charge in [0.2, 0.25) is 0 Å². The van der Waals surface area contributed by atoms with Crippen molar-refractivity contribution >= 4 is 21.7 Å². The van der Waals surface area contributed by atoms with Crippen LogP contribution >= 0.6 is 0 Å². The first-order valence-corrected chi connectivity index (χ1v) is 9.85. The van der Waals surface area contributed by atoms with Crippen LogP contribution in [0, 0.1) is 0 Å². The molecule has 0 radical (unpaired) electrons. The molecule has 0 saturated heterocycles. The average molecular weight is 355 g/mol. The predicted octanol–water partition coefficient (Wildman–Crippen LogP) is 2.42. The van der Waals surface area contributed by atoms with Crippen LogP contribution in [0.3, 0.4) is 0 Å². The van der Waals surface area contributed by atoms with Crippen molar-refractivity contribution in [2.24, 2.45) is 0 Å². The Labute approximate surface area is 143 Å². The molecule has 0 aliphatic carbocycles. The van der Waals surface area contributed by atoms with E-state index in [-0.39, 0.29) is 16.9 Å². The highest BCUT2D eigenvalue weighted by Crippen LogP contribution is 2.23. The van der Waals surface area contributed by atoms with E-state index in [0.29, 0.717) is 24.8 Å². The molecule has 0 atom stereocenters. The molecule has 6 nitrogen and oxygen atoms in total. The number of carbonyl (C=O) groups is 2. The highest BCUT2D eigenvalue weighted by Gasteiger charge is 2.31. The number of hydrogen-bond donors (Lipinski definition) is 2. The fourth-order valence-corrected chi connectivity index (χ4v) is 3.69. The molecule has 0 spiro atoms. The van der Waals surface area contributed by atoms with Crippen LogP contribution in [0.1, 0.15) is 56.0 Å². The molecule has 0 bridgehead atoms. The van der Waals surface area contributed by atoms with Crippen molar-refractivity contribution in [2.45, 2.75) is 56.9 Å². The van der Waals surface area contributed by atoms with Crippen LogP contribution < -0.4 is 5.32 Å². The van der Waals surface area contributed by atoms with Gasteiger partial charge in [-0.25, -0.2) is 8.42 Å². The maximum Gasteiger partial charge on any atom is 0.305 e. The lowest BCUT2D eigenvalue weighted by molar-refractivity contribution is -0.138. The first-order valence-electron chi connectivity index (χ1n) is 7.95. The Balaban J connectivity index is 3.22. The Morgan fingerprint density at radius 2 is 1.75 bits per heavy atom. The fraction of sp³-hybridized carbons (Fsp3) is 0.529. The molecule has 0 saturated carbocycles. The highest BCUT2D eigenvalue weighted by atomic mass is 32.2. The second kappa shape index (κ2) is 7.79. The van der Waals surface area contributed by atoms with E-state index in [1.807, 2.05) is 20.8 Å². The molecule has 0 heterocycles. The van der Waals surface area contributed by atoms with E-state index < -0.39 is 27.3 Å². The largest absolute Gasteiger partial charge is 0.481 e. The standard InChI is InChI=1S/C17H25NO5S/c1-5-12-8-9-13(10-14(12)24(4,22)23)16(21)18-17(6-2,7-3)11-15(19)20/h8-10H,5-7,11H2,1-4H3,(H,18,21)(H,19,20). The Morgan fingerprint density at radius 3 is 2.17 bits per heavy atom. The first kappa shape index (κ1) is 20.2. The molecule has 1 amide bonds. The lowest BCUT2D eigenvalue weighted by Crippen LogP contribution is -2.49. The van der Waals surface area contributed by atoms with Crippen molar-refractivity contribution < 1.29 is 23.1 Å². The third-order valence-electron chi connectivity index (χ3n) is 4.33. The molecule has 0 aliphatic heterocycles. The van der Waals surface area contributed by atoms with E-state index in [1.54, 1.807) is 12.1 Å². The number of aliphatic carboxylic acids is 1. The molecule has 0 aromatic heterocycles. The molecule has 0 unspecified atom stereocenters. The van der Waals surface area contributed by atoms with Crippen molar-refractivity contribution in [1.82, 2.24) is 5.32 Å². The van der Waals surface area contributed by atoms with Crippen LogP contribution in [0.4, 0.5) is 0 Å². The van der Waals surface area contributed by atoms with E-state index in [9.17, 15) is 18.0 Å². The summed E-state index contributed by atoms with van der Waals surface area (Å²) in [6.07, 6.45) is 2.39. The second-order valence-electron chi connectivity index (χ2n) is 5.96. The number of nitrogens with one attached hydrogen (secondary N) is 1. The van der Waals surface area contributed by atoms with Crippen LogP contribution in [0.15, 0.2) is 23.1 Å². The number of amides is 1. The molecule has 7 heteroatoms. The summed E-state index contributed by atoms with van der Waals surface area (Å²) in [4.78, 5) is 23.8. The molecule has 2 N–H and O–H groups in total. The van der Waals surface area contributed by atoms with Crippen LogP contribution in [-0.4, -0.2) is 37.2 Å². The normalized spacial score (nSPS) is 12.0. The molecule has 134 valence electrons. The summed E-state index contributed by atoms with van der Waals surface area (Å²) >= 11 is 0. The predicted molar refractivity (Wildman–Crippen MR) is 92.0 cm³/mol. The molecule has 1 aromatic rings. The molecule has 0 fully saturated rings. The third-order valence-corrected chi connectivity index (χ3v) is 5.51. The van der Waals surface area contributed by atoms with Gasteiger partial charge in [-0.3, -0.25) is 9.59 Å². The second-order valence-corrected chi connectivity index (χ2v) is 7.94. The topological polar surface area (TPSA) is 101 Å². The van der Waals surface area contributed by atoms with E-state index in [1.165, 1.54) is 6.07 Å². The lowest BCUT2D eigenvalue weighted by Gasteiger charge is -2.31. The van der Waals surface area contributed by atoms with Gasteiger partial charge in [0.1, 0.15) is 0 Å². The Hall–Kier alpha value is -1.89. The van der Waals surface area contributed by atoms with Crippen LogP contribution in [0.5, 0.6) is 0 Å². The zero-order valence-electron chi connectivity index (χ0n) is 14.5. The van der Waals surface area contributed by atoms with Crippen LogP contribution in [0.25, 0.3) is 0 Å². The summed E-state index contributed by atoms with van der Waals surface area (Å²) in [6.45, 7) is 5.47. The van der Waals surface area contributed by atoms with Gasteiger partial charge < -0.3 is 10.4 Å². The van der Waals surface area contributed by atoms with Gasteiger partial charge in [0.25, 0.3) is 5.91 Å². The number of hydrogen-bond acceptors (Lipinski definition) is 4. The smallest absolute Gasteiger partial charge is 0.305 e. The summed E-state index contributed by atoms with van der Waals surface area (Å²) in [5, 5.41) is 11.9.